The van der Waals surface area contributed by atoms with Crippen LogP contribution in [-0.2, 0) is 4.79 Å². The molecule has 0 radical (unpaired) electrons. The van der Waals surface area contributed by atoms with Crippen LogP contribution in [0.25, 0.3) is 10.9 Å². The predicted molar refractivity (Wildman–Crippen MR) is 137 cm³/mol. The monoisotopic (exact) mass is 516 g/mol. The normalized spacial score (nSPS) is 20.1. The van der Waals surface area contributed by atoms with Crippen LogP contribution in [0.4, 0.5) is 24.5 Å². The number of anilines is 2. The second kappa shape index (κ2) is 10.8. The highest BCUT2D eigenvalue weighted by molar-refractivity contribution is 6.06. The van der Waals surface area contributed by atoms with E-state index in [1.807, 2.05) is 36.4 Å². The standard InChI is InChI=1S/C25H30N4O.C2HF3O2/c1-17-14-20(28-13-11-21(16-28)29-12-5-6-18(29)2)9-10-22(17)27-25(30)24-15-19-7-3-4-8-23(19)26-24;3-2(4,5)1(6)7/h3-4,7-10,14-15,18,21,26H,5-6,11-13,16H2,1-2H3,(H,27,30);(H,6,7). The minimum Gasteiger partial charge on any atom is -0.475 e. The zero-order valence-electron chi connectivity index (χ0n) is 20.8. The van der Waals surface area contributed by atoms with Gasteiger partial charge in [0.2, 0.25) is 0 Å². The Morgan fingerprint density at radius 1 is 1.08 bits per heavy atom. The van der Waals surface area contributed by atoms with Crippen LogP contribution < -0.4 is 10.2 Å². The van der Waals surface area contributed by atoms with Gasteiger partial charge in [-0.05, 0) is 75.5 Å². The lowest BCUT2D eigenvalue weighted by Crippen LogP contribution is -2.39. The van der Waals surface area contributed by atoms with Gasteiger partial charge in [-0.15, -0.1) is 0 Å². The highest BCUT2D eigenvalue weighted by atomic mass is 19.4. The van der Waals surface area contributed by atoms with Crippen LogP contribution >= 0.6 is 0 Å². The van der Waals surface area contributed by atoms with Crippen LogP contribution in [0.15, 0.2) is 48.5 Å². The number of aromatic amines is 1. The number of alkyl halides is 3. The molecule has 1 amide bonds. The number of carboxylic acid groups (broad SMARTS) is 1. The van der Waals surface area contributed by atoms with Crippen molar-refractivity contribution in [2.24, 2.45) is 0 Å². The van der Waals surface area contributed by atoms with E-state index in [1.54, 1.807) is 0 Å². The van der Waals surface area contributed by atoms with Gasteiger partial charge in [0.15, 0.2) is 0 Å². The first kappa shape index (κ1) is 26.5. The Kier molecular flexibility index (Phi) is 7.77. The quantitative estimate of drug-likeness (QED) is 0.431. The number of aliphatic carboxylic acids is 1. The number of para-hydroxylation sites is 1. The van der Waals surface area contributed by atoms with E-state index in [2.05, 4.69) is 46.1 Å². The van der Waals surface area contributed by atoms with Gasteiger partial charge in [-0.25, -0.2) is 4.79 Å². The number of nitrogens with zero attached hydrogens (tertiary/aromatic N) is 2. The topological polar surface area (TPSA) is 88.7 Å². The molecule has 10 heteroatoms. The molecule has 3 aromatic rings. The van der Waals surface area contributed by atoms with Crippen molar-refractivity contribution < 1.29 is 27.9 Å². The van der Waals surface area contributed by atoms with E-state index in [-0.39, 0.29) is 5.91 Å². The fourth-order valence-corrected chi connectivity index (χ4v) is 5.12. The summed E-state index contributed by atoms with van der Waals surface area (Å²) in [5.41, 5.74) is 4.78. The molecule has 2 saturated heterocycles. The Labute approximate surface area is 213 Å². The zero-order chi connectivity index (χ0) is 26.7. The van der Waals surface area contributed by atoms with Gasteiger partial charge in [0.05, 0.1) is 0 Å². The summed E-state index contributed by atoms with van der Waals surface area (Å²) < 4.78 is 31.7. The van der Waals surface area contributed by atoms with Gasteiger partial charge < -0.3 is 20.3 Å². The van der Waals surface area contributed by atoms with Crippen LogP contribution in [-0.4, -0.2) is 64.8 Å². The number of aromatic nitrogens is 1. The van der Waals surface area contributed by atoms with Crippen molar-refractivity contribution in [3.05, 3.63) is 59.8 Å². The van der Waals surface area contributed by atoms with Crippen molar-refractivity contribution in [2.45, 2.75) is 51.4 Å². The number of nitrogens with one attached hydrogen (secondary N) is 2. The number of benzene rings is 2. The third-order valence-corrected chi connectivity index (χ3v) is 7.08. The average molecular weight is 517 g/mol. The smallest absolute Gasteiger partial charge is 0.475 e. The summed E-state index contributed by atoms with van der Waals surface area (Å²) in [4.78, 5) is 30.0. The molecule has 0 saturated carbocycles. The van der Waals surface area contributed by atoms with Gasteiger partial charge in [-0.1, -0.05) is 18.2 Å². The number of halogens is 3. The molecule has 3 N–H and O–H groups in total. The number of hydrogen-bond acceptors (Lipinski definition) is 4. The van der Waals surface area contributed by atoms with Gasteiger partial charge in [-0.3, -0.25) is 9.69 Å². The Hall–Kier alpha value is -3.53. The van der Waals surface area contributed by atoms with Crippen LogP contribution in [0.2, 0.25) is 0 Å². The largest absolute Gasteiger partial charge is 0.490 e. The van der Waals surface area contributed by atoms with E-state index in [9.17, 15) is 18.0 Å². The third kappa shape index (κ3) is 6.25. The summed E-state index contributed by atoms with van der Waals surface area (Å²) in [6.07, 6.45) is -1.18. The second-order valence-corrected chi connectivity index (χ2v) is 9.64. The zero-order valence-corrected chi connectivity index (χ0v) is 20.8. The first-order valence-corrected chi connectivity index (χ1v) is 12.3. The molecule has 37 heavy (non-hydrogen) atoms. The number of rotatable bonds is 4. The van der Waals surface area contributed by atoms with Crippen molar-refractivity contribution in [3.63, 3.8) is 0 Å². The summed E-state index contributed by atoms with van der Waals surface area (Å²) in [7, 11) is 0. The number of aryl methyl sites for hydroxylation is 1. The summed E-state index contributed by atoms with van der Waals surface area (Å²) in [5.74, 6) is -2.86. The Morgan fingerprint density at radius 2 is 1.81 bits per heavy atom. The van der Waals surface area contributed by atoms with E-state index in [1.165, 1.54) is 31.5 Å². The van der Waals surface area contributed by atoms with Gasteiger partial charge in [0.25, 0.3) is 5.91 Å². The lowest BCUT2D eigenvalue weighted by Gasteiger charge is -2.28. The van der Waals surface area contributed by atoms with Crippen molar-refractivity contribution in [1.82, 2.24) is 9.88 Å². The highest BCUT2D eigenvalue weighted by Gasteiger charge is 2.38. The van der Waals surface area contributed by atoms with Gasteiger partial charge in [-0.2, -0.15) is 13.2 Å². The number of H-pyrrole nitrogens is 1. The first-order chi connectivity index (χ1) is 17.5. The van der Waals surface area contributed by atoms with Gasteiger partial charge in [0.1, 0.15) is 5.69 Å². The van der Waals surface area contributed by atoms with E-state index in [0.29, 0.717) is 11.7 Å². The van der Waals surface area contributed by atoms with Gasteiger partial charge in [0, 0.05) is 47.5 Å². The fraction of sp³-hybridized carbons (Fsp3) is 0.407. The molecule has 2 aliphatic rings. The molecular weight excluding hydrogens is 485 g/mol. The molecule has 0 aliphatic carbocycles. The molecule has 5 rings (SSSR count). The van der Waals surface area contributed by atoms with Crippen LogP contribution in [0.3, 0.4) is 0 Å². The van der Waals surface area contributed by atoms with Crippen LogP contribution in [0, 0.1) is 6.92 Å². The van der Waals surface area contributed by atoms with Crippen LogP contribution in [0.1, 0.15) is 42.2 Å². The molecule has 2 unspecified atom stereocenters. The molecular formula is C27H31F3N4O3. The maximum atomic E-state index is 12.7. The van der Waals surface area contributed by atoms with E-state index < -0.39 is 12.1 Å². The fourth-order valence-electron chi connectivity index (χ4n) is 5.12. The molecule has 198 valence electrons. The summed E-state index contributed by atoms with van der Waals surface area (Å²) >= 11 is 0. The summed E-state index contributed by atoms with van der Waals surface area (Å²) in [6.45, 7) is 7.89. The lowest BCUT2D eigenvalue weighted by molar-refractivity contribution is -0.192. The minimum absolute atomic E-state index is 0.105. The highest BCUT2D eigenvalue weighted by Crippen LogP contribution is 2.30. The Bertz CT molecular complexity index is 1240. The summed E-state index contributed by atoms with van der Waals surface area (Å²) in [5, 5.41) is 11.2. The van der Waals surface area contributed by atoms with Crippen molar-refractivity contribution in [1.29, 1.82) is 0 Å². The Balaban J connectivity index is 0.000000405. The number of carboxylic acids is 1. The Morgan fingerprint density at radius 3 is 2.43 bits per heavy atom. The molecule has 2 atom stereocenters. The molecule has 0 spiro atoms. The van der Waals surface area contributed by atoms with Crippen molar-refractivity contribution in [2.75, 3.05) is 29.9 Å². The average Bonchev–Trinajstić information content (AvgIpc) is 3.59. The number of carbonyl (C=O) groups excluding carboxylic acids is 1. The second-order valence-electron chi connectivity index (χ2n) is 9.64. The number of amides is 1. The van der Waals surface area contributed by atoms with Crippen molar-refractivity contribution in [3.8, 4) is 0 Å². The molecule has 0 bridgehead atoms. The number of likely N-dealkylation sites (tertiary alicyclic amines) is 1. The number of fused-ring (bicyclic) bond motifs is 1. The summed E-state index contributed by atoms with van der Waals surface area (Å²) in [6, 6.07) is 17.6. The molecule has 2 aromatic carbocycles. The molecule has 2 aliphatic heterocycles. The maximum absolute atomic E-state index is 12.7. The SMILES string of the molecule is Cc1cc(N2CCC(N3CCCC3C)C2)ccc1NC(=O)c1cc2ccccc2[nH]1.O=C(O)C(F)(F)F. The van der Waals surface area contributed by atoms with E-state index >= 15 is 0 Å². The van der Waals surface area contributed by atoms with Crippen LogP contribution in [0.5, 0.6) is 0 Å². The number of hydrogen-bond donors (Lipinski definition) is 3. The van der Waals surface area contributed by atoms with Crippen molar-refractivity contribution >= 4 is 34.2 Å². The van der Waals surface area contributed by atoms with Gasteiger partial charge >= 0.3 is 12.1 Å². The predicted octanol–water partition coefficient (Wildman–Crippen LogP) is 5.42. The third-order valence-electron chi connectivity index (χ3n) is 7.08. The molecule has 1 aromatic heterocycles. The van der Waals surface area contributed by atoms with E-state index in [0.717, 1.165) is 41.3 Å². The lowest BCUT2D eigenvalue weighted by atomic mass is 10.1. The molecule has 3 heterocycles. The van der Waals surface area contributed by atoms with E-state index in [4.69, 9.17) is 9.90 Å². The maximum Gasteiger partial charge on any atom is 0.490 e. The number of carbonyl (C=O) groups is 2. The molecule has 2 fully saturated rings. The minimum atomic E-state index is -5.08. The first-order valence-electron chi connectivity index (χ1n) is 12.3. The molecule has 7 nitrogen and oxygen atoms in total.